The van der Waals surface area contributed by atoms with Gasteiger partial charge in [-0.2, -0.15) is 0 Å². The maximum atomic E-state index is 12.0. The van der Waals surface area contributed by atoms with Crippen molar-refractivity contribution in [3.8, 4) is 0 Å². The number of carbonyl (C=O) groups is 2. The standard InChI is InChI=1S/C15H21N3O3/c1-18-10-2-3-13(18)8-9-16-14(19)11-4-6-12(7-5-11)15(20)17-21/h4-7,13,21H,2-3,8-10H2,1H3,(H,16,19)(H,17,20). The Balaban J connectivity index is 1.81. The lowest BCUT2D eigenvalue weighted by molar-refractivity contribution is 0.0706. The first kappa shape index (κ1) is 15.5. The summed E-state index contributed by atoms with van der Waals surface area (Å²) < 4.78 is 0. The quantitative estimate of drug-likeness (QED) is 0.559. The van der Waals surface area contributed by atoms with E-state index in [0.717, 1.165) is 13.0 Å². The second kappa shape index (κ2) is 7.19. The van der Waals surface area contributed by atoms with Crippen LogP contribution in [0, 0.1) is 0 Å². The molecule has 1 aliphatic heterocycles. The van der Waals surface area contributed by atoms with Crippen molar-refractivity contribution < 1.29 is 14.8 Å². The molecule has 0 aromatic heterocycles. The number of carbonyl (C=O) groups excluding carboxylic acids is 2. The lowest BCUT2D eigenvalue weighted by Crippen LogP contribution is -2.31. The Kier molecular flexibility index (Phi) is 5.30. The summed E-state index contributed by atoms with van der Waals surface area (Å²) in [6.45, 7) is 1.78. The Morgan fingerprint density at radius 3 is 2.38 bits per heavy atom. The van der Waals surface area contributed by atoms with Crippen LogP contribution in [0.15, 0.2) is 24.3 Å². The number of benzene rings is 1. The zero-order valence-electron chi connectivity index (χ0n) is 12.1. The molecule has 1 saturated heterocycles. The molecule has 3 N–H and O–H groups in total. The topological polar surface area (TPSA) is 81.7 Å². The number of hydrogen-bond donors (Lipinski definition) is 3. The smallest absolute Gasteiger partial charge is 0.274 e. The molecule has 1 aromatic rings. The highest BCUT2D eigenvalue weighted by molar-refractivity contribution is 5.97. The average Bonchev–Trinajstić information content (AvgIpc) is 2.92. The highest BCUT2D eigenvalue weighted by atomic mass is 16.5. The zero-order chi connectivity index (χ0) is 15.2. The maximum absolute atomic E-state index is 12.0. The van der Waals surface area contributed by atoms with Crippen LogP contribution >= 0.6 is 0 Å². The summed E-state index contributed by atoms with van der Waals surface area (Å²) in [6, 6.07) is 6.71. The lowest BCUT2D eigenvalue weighted by Gasteiger charge is -2.19. The van der Waals surface area contributed by atoms with Crippen molar-refractivity contribution in [2.75, 3.05) is 20.1 Å². The number of hydrogen-bond acceptors (Lipinski definition) is 4. The van der Waals surface area contributed by atoms with Gasteiger partial charge in [0, 0.05) is 23.7 Å². The van der Waals surface area contributed by atoms with E-state index in [1.165, 1.54) is 25.0 Å². The van der Waals surface area contributed by atoms with Crippen molar-refractivity contribution in [1.82, 2.24) is 15.7 Å². The van der Waals surface area contributed by atoms with Gasteiger partial charge in [0.05, 0.1) is 0 Å². The zero-order valence-corrected chi connectivity index (χ0v) is 12.1. The molecular formula is C15H21N3O3. The van der Waals surface area contributed by atoms with Crippen molar-refractivity contribution in [3.63, 3.8) is 0 Å². The molecule has 2 rings (SSSR count). The van der Waals surface area contributed by atoms with E-state index in [1.807, 2.05) is 0 Å². The minimum atomic E-state index is -0.591. The molecule has 1 atom stereocenters. The molecule has 0 bridgehead atoms. The van der Waals surface area contributed by atoms with Crippen LogP contribution in [0.2, 0.25) is 0 Å². The van der Waals surface area contributed by atoms with Gasteiger partial charge in [0.1, 0.15) is 0 Å². The van der Waals surface area contributed by atoms with Crippen LogP contribution in [0.25, 0.3) is 0 Å². The van der Waals surface area contributed by atoms with Crippen molar-refractivity contribution in [2.24, 2.45) is 0 Å². The first-order chi connectivity index (χ1) is 10.1. The van der Waals surface area contributed by atoms with Gasteiger partial charge in [-0.3, -0.25) is 14.8 Å². The van der Waals surface area contributed by atoms with Gasteiger partial charge in [0.15, 0.2) is 0 Å². The third-order valence-corrected chi connectivity index (χ3v) is 3.95. The number of amides is 2. The maximum Gasteiger partial charge on any atom is 0.274 e. The minimum Gasteiger partial charge on any atom is -0.352 e. The Morgan fingerprint density at radius 2 is 1.86 bits per heavy atom. The summed E-state index contributed by atoms with van der Waals surface area (Å²) in [4.78, 5) is 25.5. The summed E-state index contributed by atoms with van der Waals surface area (Å²) in [6.07, 6.45) is 3.37. The molecule has 0 radical (unpaired) electrons. The van der Waals surface area contributed by atoms with Gasteiger partial charge >= 0.3 is 0 Å². The van der Waals surface area contributed by atoms with Crippen LogP contribution in [-0.4, -0.2) is 48.1 Å². The normalized spacial score (nSPS) is 18.5. The molecule has 2 amide bonds. The summed E-state index contributed by atoms with van der Waals surface area (Å²) in [5, 5.41) is 11.4. The van der Waals surface area contributed by atoms with Crippen LogP contribution < -0.4 is 10.8 Å². The fourth-order valence-electron chi connectivity index (χ4n) is 2.64. The highest BCUT2D eigenvalue weighted by Crippen LogP contribution is 2.17. The van der Waals surface area contributed by atoms with Crippen molar-refractivity contribution in [2.45, 2.75) is 25.3 Å². The number of nitrogens with zero attached hydrogens (tertiary/aromatic N) is 1. The molecule has 1 fully saturated rings. The van der Waals surface area contributed by atoms with Crippen molar-refractivity contribution in [1.29, 1.82) is 0 Å². The summed E-state index contributed by atoms with van der Waals surface area (Å²) in [7, 11) is 2.12. The molecule has 6 nitrogen and oxygen atoms in total. The van der Waals surface area contributed by atoms with E-state index in [2.05, 4.69) is 17.3 Å². The summed E-state index contributed by atoms with van der Waals surface area (Å²) in [5.41, 5.74) is 2.37. The Bertz CT molecular complexity index is 501. The SMILES string of the molecule is CN1CCCC1CCNC(=O)c1ccc(C(=O)NO)cc1. The molecule has 114 valence electrons. The Labute approximate surface area is 124 Å². The lowest BCUT2D eigenvalue weighted by atomic mass is 10.1. The van der Waals surface area contributed by atoms with E-state index in [9.17, 15) is 9.59 Å². The van der Waals surface area contributed by atoms with Crippen LogP contribution in [-0.2, 0) is 0 Å². The Hall–Kier alpha value is -1.92. The third-order valence-electron chi connectivity index (χ3n) is 3.95. The second-order valence-corrected chi connectivity index (χ2v) is 5.34. The fraction of sp³-hybridized carbons (Fsp3) is 0.467. The third kappa shape index (κ3) is 4.03. The molecule has 1 heterocycles. The summed E-state index contributed by atoms with van der Waals surface area (Å²) in [5.74, 6) is -0.738. The molecule has 0 spiro atoms. The predicted octanol–water partition coefficient (Wildman–Crippen LogP) is 1.02. The van der Waals surface area contributed by atoms with Gasteiger partial charge in [-0.05, 0) is 57.1 Å². The van der Waals surface area contributed by atoms with Gasteiger partial charge in [-0.25, -0.2) is 5.48 Å². The van der Waals surface area contributed by atoms with E-state index in [-0.39, 0.29) is 5.91 Å². The van der Waals surface area contributed by atoms with Gasteiger partial charge in [-0.1, -0.05) is 0 Å². The first-order valence-corrected chi connectivity index (χ1v) is 7.14. The molecule has 1 unspecified atom stereocenters. The molecule has 1 aliphatic rings. The van der Waals surface area contributed by atoms with Crippen LogP contribution in [0.1, 0.15) is 40.0 Å². The van der Waals surface area contributed by atoms with Gasteiger partial charge in [-0.15, -0.1) is 0 Å². The predicted molar refractivity (Wildman–Crippen MR) is 78.3 cm³/mol. The van der Waals surface area contributed by atoms with Crippen LogP contribution in [0.5, 0.6) is 0 Å². The molecule has 1 aromatic carbocycles. The molecular weight excluding hydrogens is 270 g/mol. The Morgan fingerprint density at radius 1 is 1.24 bits per heavy atom. The average molecular weight is 291 g/mol. The molecule has 21 heavy (non-hydrogen) atoms. The molecule has 6 heteroatoms. The van der Waals surface area contributed by atoms with Gasteiger partial charge in [0.25, 0.3) is 11.8 Å². The number of nitrogens with one attached hydrogen (secondary N) is 2. The second-order valence-electron chi connectivity index (χ2n) is 5.34. The minimum absolute atomic E-state index is 0.147. The number of likely N-dealkylation sites (tertiary alicyclic amines) is 1. The number of rotatable bonds is 5. The molecule has 0 aliphatic carbocycles. The van der Waals surface area contributed by atoms with E-state index >= 15 is 0 Å². The van der Waals surface area contributed by atoms with Crippen molar-refractivity contribution >= 4 is 11.8 Å². The van der Waals surface area contributed by atoms with Crippen LogP contribution in [0.3, 0.4) is 0 Å². The summed E-state index contributed by atoms with van der Waals surface area (Å²) >= 11 is 0. The fourth-order valence-corrected chi connectivity index (χ4v) is 2.64. The molecule has 0 saturated carbocycles. The number of hydroxylamine groups is 1. The van der Waals surface area contributed by atoms with E-state index in [1.54, 1.807) is 17.6 Å². The first-order valence-electron chi connectivity index (χ1n) is 7.14. The van der Waals surface area contributed by atoms with E-state index < -0.39 is 5.91 Å². The van der Waals surface area contributed by atoms with E-state index in [0.29, 0.717) is 23.7 Å². The highest BCUT2D eigenvalue weighted by Gasteiger charge is 2.20. The van der Waals surface area contributed by atoms with Crippen LogP contribution in [0.4, 0.5) is 0 Å². The monoisotopic (exact) mass is 291 g/mol. The van der Waals surface area contributed by atoms with E-state index in [4.69, 9.17) is 5.21 Å². The van der Waals surface area contributed by atoms with Gasteiger partial charge in [0.2, 0.25) is 0 Å². The largest absolute Gasteiger partial charge is 0.352 e. The van der Waals surface area contributed by atoms with Crippen molar-refractivity contribution in [3.05, 3.63) is 35.4 Å². The van der Waals surface area contributed by atoms with Gasteiger partial charge < -0.3 is 10.2 Å².